The van der Waals surface area contributed by atoms with Crippen LogP contribution in [-0.2, 0) is 27.3 Å². The Balaban J connectivity index is 0.000000406. The van der Waals surface area contributed by atoms with E-state index >= 15 is 0 Å². The van der Waals surface area contributed by atoms with Crippen LogP contribution >= 0.6 is 0 Å². The first-order chi connectivity index (χ1) is 16.1. The minimum atomic E-state index is -5.08. The van der Waals surface area contributed by atoms with Gasteiger partial charge in [0.15, 0.2) is 0 Å². The third-order valence-corrected chi connectivity index (χ3v) is 6.17. The maximum Gasteiger partial charge on any atom is 0.490 e. The summed E-state index contributed by atoms with van der Waals surface area (Å²) < 4.78 is 31.7. The highest BCUT2D eigenvalue weighted by molar-refractivity contribution is 5.83. The highest BCUT2D eigenvalue weighted by atomic mass is 19.4. The summed E-state index contributed by atoms with van der Waals surface area (Å²) in [6, 6.07) is 13.9. The highest BCUT2D eigenvalue weighted by Gasteiger charge is 2.61. The number of carbonyl (C=O) groups excluding carboxylic acids is 2. The van der Waals surface area contributed by atoms with E-state index in [-0.39, 0.29) is 23.1 Å². The highest BCUT2D eigenvalue weighted by Crippen LogP contribution is 2.58. The molecule has 1 aliphatic carbocycles. The van der Waals surface area contributed by atoms with Crippen LogP contribution in [0.4, 0.5) is 13.2 Å². The molecule has 7 nitrogen and oxygen atoms in total. The van der Waals surface area contributed by atoms with Crippen molar-refractivity contribution in [1.29, 1.82) is 0 Å². The lowest BCUT2D eigenvalue weighted by atomic mass is 10.0. The number of likely N-dealkylation sites (tertiary alicyclic amines) is 1. The third kappa shape index (κ3) is 6.79. The molecule has 2 heterocycles. The van der Waals surface area contributed by atoms with Crippen molar-refractivity contribution in [3.8, 4) is 0 Å². The standard InChI is InChI=1S/C22H25N3O2.C2HF3O2/c26-20(7-6-17-4-2-1-3-5-17)25-13-10-22(16-25)14-19(22)21(27)24-15-18-8-11-23-12-9-18;3-2(4,5)1(6)7/h1-5,8-9,11-12,19H,6-7,10,13-16H2,(H,24,27);(H,6,7). The van der Waals surface area contributed by atoms with Crippen LogP contribution in [0.2, 0.25) is 0 Å². The minimum Gasteiger partial charge on any atom is -0.475 e. The molecule has 2 aromatic rings. The zero-order valence-corrected chi connectivity index (χ0v) is 18.4. The Morgan fingerprint density at radius 3 is 2.35 bits per heavy atom. The number of nitrogens with one attached hydrogen (secondary N) is 1. The van der Waals surface area contributed by atoms with Gasteiger partial charge in [-0.2, -0.15) is 13.2 Å². The largest absolute Gasteiger partial charge is 0.490 e. The molecule has 2 N–H and O–H groups in total. The maximum absolute atomic E-state index is 12.5. The van der Waals surface area contributed by atoms with Crippen LogP contribution in [0.25, 0.3) is 0 Å². The van der Waals surface area contributed by atoms with Crippen LogP contribution in [0.3, 0.4) is 0 Å². The van der Waals surface area contributed by atoms with Crippen LogP contribution in [0.5, 0.6) is 0 Å². The van der Waals surface area contributed by atoms with Crippen molar-refractivity contribution in [2.45, 2.75) is 38.4 Å². The topological polar surface area (TPSA) is 99.6 Å². The second-order valence-corrected chi connectivity index (χ2v) is 8.55. The summed E-state index contributed by atoms with van der Waals surface area (Å²) in [7, 11) is 0. The molecule has 0 bridgehead atoms. The van der Waals surface area contributed by atoms with Crippen molar-refractivity contribution < 1.29 is 32.7 Å². The fraction of sp³-hybridized carbons (Fsp3) is 0.417. The Labute approximate surface area is 195 Å². The molecule has 1 saturated heterocycles. The molecule has 0 radical (unpaired) electrons. The molecule has 4 rings (SSSR count). The Morgan fingerprint density at radius 1 is 1.09 bits per heavy atom. The molecule has 1 aromatic carbocycles. The van der Waals surface area contributed by atoms with Crippen molar-refractivity contribution in [2.75, 3.05) is 13.1 Å². The second-order valence-electron chi connectivity index (χ2n) is 8.55. The average molecular weight is 477 g/mol. The Morgan fingerprint density at radius 2 is 1.74 bits per heavy atom. The summed E-state index contributed by atoms with van der Waals surface area (Å²) in [5.74, 6) is -2.39. The zero-order valence-electron chi connectivity index (χ0n) is 18.4. The van der Waals surface area contributed by atoms with Gasteiger partial charge in [-0.15, -0.1) is 0 Å². The van der Waals surface area contributed by atoms with Crippen molar-refractivity contribution in [1.82, 2.24) is 15.2 Å². The van der Waals surface area contributed by atoms with E-state index < -0.39 is 12.1 Å². The average Bonchev–Trinajstić information content (AvgIpc) is 3.36. The number of aliphatic carboxylic acids is 1. The summed E-state index contributed by atoms with van der Waals surface area (Å²) in [5, 5.41) is 10.2. The number of aromatic nitrogens is 1. The molecular weight excluding hydrogens is 451 g/mol. The van der Waals surface area contributed by atoms with Gasteiger partial charge in [-0.25, -0.2) is 4.79 Å². The number of rotatable bonds is 6. The Hall–Kier alpha value is -3.43. The van der Waals surface area contributed by atoms with Gasteiger partial charge in [-0.05, 0) is 42.5 Å². The van der Waals surface area contributed by atoms with E-state index in [1.165, 1.54) is 5.56 Å². The molecule has 2 atom stereocenters. The van der Waals surface area contributed by atoms with Gasteiger partial charge in [0.25, 0.3) is 0 Å². The predicted molar refractivity (Wildman–Crippen MR) is 116 cm³/mol. The van der Waals surface area contributed by atoms with E-state index in [0.717, 1.165) is 37.9 Å². The molecular formula is C24H26F3N3O4. The first-order valence-corrected chi connectivity index (χ1v) is 10.9. The Bertz CT molecular complexity index is 946. The molecule has 1 aromatic heterocycles. The summed E-state index contributed by atoms with van der Waals surface area (Å²) in [6.07, 6.45) is 1.54. The van der Waals surface area contributed by atoms with E-state index in [4.69, 9.17) is 9.90 Å². The van der Waals surface area contributed by atoms with Crippen molar-refractivity contribution in [2.24, 2.45) is 11.3 Å². The first-order valence-electron chi connectivity index (χ1n) is 10.9. The Kier molecular flexibility index (Phi) is 7.90. The SMILES string of the molecule is O=C(NCc1ccncc1)C1CC12CCN(C(=O)CCc1ccccc1)C2.O=C(O)C(F)(F)F. The number of carboxylic acids is 1. The number of halogens is 3. The lowest BCUT2D eigenvalue weighted by molar-refractivity contribution is -0.192. The van der Waals surface area contributed by atoms with Crippen LogP contribution in [0.1, 0.15) is 30.4 Å². The molecule has 1 saturated carbocycles. The summed E-state index contributed by atoms with van der Waals surface area (Å²) in [4.78, 5) is 39.9. The maximum atomic E-state index is 12.5. The summed E-state index contributed by atoms with van der Waals surface area (Å²) in [5.41, 5.74) is 2.27. The number of alkyl halides is 3. The van der Waals surface area contributed by atoms with E-state index in [9.17, 15) is 22.8 Å². The van der Waals surface area contributed by atoms with E-state index in [1.807, 2.05) is 35.2 Å². The zero-order chi connectivity index (χ0) is 24.8. The molecule has 1 aliphatic heterocycles. The number of nitrogens with zero attached hydrogens (tertiary/aromatic N) is 2. The number of aryl methyl sites for hydroxylation is 1. The van der Waals surface area contributed by atoms with Crippen LogP contribution in [-0.4, -0.2) is 52.0 Å². The van der Waals surface area contributed by atoms with Gasteiger partial charge in [0.2, 0.25) is 11.8 Å². The number of pyridine rings is 1. The van der Waals surface area contributed by atoms with Gasteiger partial charge < -0.3 is 15.3 Å². The second kappa shape index (κ2) is 10.7. The number of hydrogen-bond acceptors (Lipinski definition) is 4. The van der Waals surface area contributed by atoms with Gasteiger partial charge in [0.1, 0.15) is 0 Å². The minimum absolute atomic E-state index is 0.0186. The van der Waals surface area contributed by atoms with Crippen molar-refractivity contribution >= 4 is 17.8 Å². The molecule has 2 aliphatic rings. The molecule has 10 heteroatoms. The number of carbonyl (C=O) groups is 3. The van der Waals surface area contributed by atoms with E-state index in [2.05, 4.69) is 22.4 Å². The molecule has 2 amide bonds. The summed E-state index contributed by atoms with van der Waals surface area (Å²) in [6.45, 7) is 2.05. The number of hydrogen-bond donors (Lipinski definition) is 2. The predicted octanol–water partition coefficient (Wildman–Crippen LogP) is 3.20. The molecule has 2 fully saturated rings. The quantitative estimate of drug-likeness (QED) is 0.666. The van der Waals surface area contributed by atoms with Gasteiger partial charge in [0, 0.05) is 49.8 Å². The normalized spacial score (nSPS) is 20.9. The van der Waals surface area contributed by atoms with Crippen LogP contribution in [0, 0.1) is 11.3 Å². The third-order valence-electron chi connectivity index (χ3n) is 6.17. The molecule has 182 valence electrons. The van der Waals surface area contributed by atoms with Gasteiger partial charge in [-0.3, -0.25) is 14.6 Å². The fourth-order valence-corrected chi connectivity index (χ4v) is 4.15. The molecule has 34 heavy (non-hydrogen) atoms. The summed E-state index contributed by atoms with van der Waals surface area (Å²) >= 11 is 0. The van der Waals surface area contributed by atoms with Gasteiger partial charge >= 0.3 is 12.1 Å². The number of benzene rings is 1. The van der Waals surface area contributed by atoms with Gasteiger partial charge in [-0.1, -0.05) is 30.3 Å². The number of amides is 2. The van der Waals surface area contributed by atoms with Crippen molar-refractivity contribution in [3.05, 3.63) is 66.0 Å². The van der Waals surface area contributed by atoms with Crippen LogP contribution in [0.15, 0.2) is 54.9 Å². The van der Waals surface area contributed by atoms with Crippen LogP contribution < -0.4 is 5.32 Å². The fourth-order valence-electron chi connectivity index (χ4n) is 4.15. The van der Waals surface area contributed by atoms with Crippen molar-refractivity contribution in [3.63, 3.8) is 0 Å². The smallest absolute Gasteiger partial charge is 0.475 e. The molecule has 2 unspecified atom stereocenters. The first kappa shape index (κ1) is 25.2. The lowest BCUT2D eigenvalue weighted by Gasteiger charge is -2.17. The van der Waals surface area contributed by atoms with E-state index in [1.54, 1.807) is 12.4 Å². The monoisotopic (exact) mass is 477 g/mol. The lowest BCUT2D eigenvalue weighted by Crippen LogP contribution is -2.31. The number of carboxylic acid groups (broad SMARTS) is 1. The van der Waals surface area contributed by atoms with Gasteiger partial charge in [0.05, 0.1) is 0 Å². The molecule has 1 spiro atoms. The van der Waals surface area contributed by atoms with E-state index in [0.29, 0.717) is 13.0 Å².